The lowest BCUT2D eigenvalue weighted by atomic mass is 10.2. The number of halogens is 1. The molecule has 0 spiro atoms. The van der Waals surface area contributed by atoms with Crippen molar-refractivity contribution in [3.05, 3.63) is 35.2 Å². The Balaban J connectivity index is 2.25. The molecule has 0 radical (unpaired) electrons. The summed E-state index contributed by atoms with van der Waals surface area (Å²) in [5, 5.41) is 3.63. The predicted molar refractivity (Wildman–Crippen MR) is 83.9 cm³/mol. The SMILES string of the molecule is CCCc1nc(Cl)cc(Nc2ccc(OC)c(OC)c2)n1. The molecule has 0 unspecified atom stereocenters. The Hall–Kier alpha value is -2.01. The fourth-order valence-corrected chi connectivity index (χ4v) is 2.13. The van der Waals surface area contributed by atoms with E-state index in [4.69, 9.17) is 21.1 Å². The highest BCUT2D eigenvalue weighted by Crippen LogP contribution is 2.31. The number of nitrogens with one attached hydrogen (secondary N) is 1. The molecule has 21 heavy (non-hydrogen) atoms. The van der Waals surface area contributed by atoms with E-state index in [0.29, 0.717) is 22.5 Å². The van der Waals surface area contributed by atoms with Crippen molar-refractivity contribution in [2.24, 2.45) is 0 Å². The highest BCUT2D eigenvalue weighted by molar-refractivity contribution is 6.29. The van der Waals surface area contributed by atoms with E-state index in [-0.39, 0.29) is 0 Å². The first kappa shape index (κ1) is 15.4. The molecule has 2 aromatic rings. The van der Waals surface area contributed by atoms with Gasteiger partial charge < -0.3 is 14.8 Å². The molecule has 6 heteroatoms. The van der Waals surface area contributed by atoms with Gasteiger partial charge in [0.05, 0.1) is 14.2 Å². The number of benzene rings is 1. The maximum atomic E-state index is 6.02. The normalized spacial score (nSPS) is 10.3. The van der Waals surface area contributed by atoms with Crippen LogP contribution in [-0.2, 0) is 6.42 Å². The molecule has 0 bridgehead atoms. The average Bonchev–Trinajstić information content (AvgIpc) is 2.46. The second-order valence-electron chi connectivity index (χ2n) is 4.44. The molecule has 1 N–H and O–H groups in total. The van der Waals surface area contributed by atoms with Crippen LogP contribution < -0.4 is 14.8 Å². The Morgan fingerprint density at radius 1 is 1.10 bits per heavy atom. The van der Waals surface area contributed by atoms with Gasteiger partial charge in [-0.3, -0.25) is 0 Å². The highest BCUT2D eigenvalue weighted by Gasteiger charge is 2.07. The van der Waals surface area contributed by atoms with Crippen LogP contribution >= 0.6 is 11.6 Å². The van der Waals surface area contributed by atoms with Crippen LogP contribution in [0.1, 0.15) is 19.2 Å². The lowest BCUT2D eigenvalue weighted by Crippen LogP contribution is -2.01. The molecule has 0 aliphatic heterocycles. The van der Waals surface area contributed by atoms with Crippen molar-refractivity contribution >= 4 is 23.1 Å². The number of anilines is 2. The second kappa shape index (κ2) is 7.13. The minimum Gasteiger partial charge on any atom is -0.493 e. The smallest absolute Gasteiger partial charge is 0.162 e. The van der Waals surface area contributed by atoms with Crippen LogP contribution in [0.4, 0.5) is 11.5 Å². The Morgan fingerprint density at radius 3 is 2.52 bits per heavy atom. The molecule has 0 saturated carbocycles. The first-order valence-electron chi connectivity index (χ1n) is 6.68. The summed E-state index contributed by atoms with van der Waals surface area (Å²) in [6, 6.07) is 7.25. The maximum absolute atomic E-state index is 6.02. The third-order valence-electron chi connectivity index (χ3n) is 2.87. The Kier molecular flexibility index (Phi) is 5.22. The van der Waals surface area contributed by atoms with Crippen molar-refractivity contribution in [2.75, 3.05) is 19.5 Å². The number of aryl methyl sites for hydroxylation is 1. The monoisotopic (exact) mass is 307 g/mol. The van der Waals surface area contributed by atoms with Gasteiger partial charge in [-0.1, -0.05) is 18.5 Å². The van der Waals surface area contributed by atoms with Gasteiger partial charge in [0.25, 0.3) is 0 Å². The van der Waals surface area contributed by atoms with Gasteiger partial charge in [0.2, 0.25) is 0 Å². The molecular weight excluding hydrogens is 290 g/mol. The van der Waals surface area contributed by atoms with Crippen LogP contribution in [0.15, 0.2) is 24.3 Å². The molecule has 1 aromatic carbocycles. The van der Waals surface area contributed by atoms with Gasteiger partial charge in [-0.15, -0.1) is 0 Å². The van der Waals surface area contributed by atoms with Crippen molar-refractivity contribution in [1.29, 1.82) is 0 Å². The first-order chi connectivity index (χ1) is 10.2. The van der Waals surface area contributed by atoms with Crippen molar-refractivity contribution in [1.82, 2.24) is 9.97 Å². The van der Waals surface area contributed by atoms with Crippen molar-refractivity contribution in [2.45, 2.75) is 19.8 Å². The van der Waals surface area contributed by atoms with E-state index in [2.05, 4.69) is 22.2 Å². The summed E-state index contributed by atoms with van der Waals surface area (Å²) in [5.41, 5.74) is 0.838. The molecule has 2 rings (SSSR count). The minimum absolute atomic E-state index is 0.427. The summed E-state index contributed by atoms with van der Waals surface area (Å²) in [5.74, 6) is 2.71. The average molecular weight is 308 g/mol. The van der Waals surface area contributed by atoms with Gasteiger partial charge in [-0.2, -0.15) is 0 Å². The van der Waals surface area contributed by atoms with E-state index in [1.807, 2.05) is 18.2 Å². The van der Waals surface area contributed by atoms with Crippen molar-refractivity contribution in [3.63, 3.8) is 0 Å². The van der Waals surface area contributed by atoms with Gasteiger partial charge in [-0.05, 0) is 18.6 Å². The van der Waals surface area contributed by atoms with E-state index >= 15 is 0 Å². The number of rotatable bonds is 6. The summed E-state index contributed by atoms with van der Waals surface area (Å²) < 4.78 is 10.5. The topological polar surface area (TPSA) is 56.3 Å². The van der Waals surface area contributed by atoms with E-state index < -0.39 is 0 Å². The third-order valence-corrected chi connectivity index (χ3v) is 3.06. The predicted octanol–water partition coefficient (Wildman–Crippen LogP) is 3.84. The Morgan fingerprint density at radius 2 is 1.86 bits per heavy atom. The van der Waals surface area contributed by atoms with Crippen LogP contribution in [0.5, 0.6) is 11.5 Å². The van der Waals surface area contributed by atoms with Gasteiger partial charge >= 0.3 is 0 Å². The maximum Gasteiger partial charge on any atom is 0.162 e. The summed E-state index contributed by atoms with van der Waals surface area (Å²) in [4.78, 5) is 8.63. The molecule has 0 saturated heterocycles. The number of nitrogens with zero attached hydrogens (tertiary/aromatic N) is 2. The van der Waals surface area contributed by atoms with Crippen LogP contribution in [0.2, 0.25) is 5.15 Å². The van der Waals surface area contributed by atoms with E-state index in [9.17, 15) is 0 Å². The molecule has 0 atom stereocenters. The molecule has 5 nitrogen and oxygen atoms in total. The van der Waals surface area contributed by atoms with E-state index in [0.717, 1.165) is 24.4 Å². The summed E-state index contributed by atoms with van der Waals surface area (Å²) >= 11 is 6.02. The van der Waals surface area contributed by atoms with Crippen molar-refractivity contribution < 1.29 is 9.47 Å². The molecule has 1 heterocycles. The van der Waals surface area contributed by atoms with E-state index in [1.165, 1.54) is 0 Å². The summed E-state index contributed by atoms with van der Waals surface area (Å²) in [7, 11) is 3.20. The van der Waals surface area contributed by atoms with Crippen LogP contribution in [0.25, 0.3) is 0 Å². The van der Waals surface area contributed by atoms with Gasteiger partial charge in [0.15, 0.2) is 11.5 Å². The number of aromatic nitrogens is 2. The molecule has 0 aliphatic rings. The van der Waals surface area contributed by atoms with Gasteiger partial charge in [-0.25, -0.2) is 9.97 Å². The first-order valence-corrected chi connectivity index (χ1v) is 7.06. The lowest BCUT2D eigenvalue weighted by Gasteiger charge is -2.11. The number of ether oxygens (including phenoxy) is 2. The zero-order chi connectivity index (χ0) is 15.2. The summed E-state index contributed by atoms with van der Waals surface area (Å²) in [6.45, 7) is 2.08. The largest absolute Gasteiger partial charge is 0.493 e. The Labute approximate surface area is 129 Å². The van der Waals surface area contributed by atoms with Crippen LogP contribution in [-0.4, -0.2) is 24.2 Å². The van der Waals surface area contributed by atoms with Gasteiger partial charge in [0, 0.05) is 24.2 Å². The molecule has 0 aliphatic carbocycles. The van der Waals surface area contributed by atoms with Crippen LogP contribution in [0.3, 0.4) is 0 Å². The quantitative estimate of drug-likeness (QED) is 0.822. The molecule has 1 aromatic heterocycles. The highest BCUT2D eigenvalue weighted by atomic mass is 35.5. The van der Waals surface area contributed by atoms with Crippen molar-refractivity contribution in [3.8, 4) is 11.5 Å². The fourth-order valence-electron chi connectivity index (χ4n) is 1.93. The van der Waals surface area contributed by atoms with Crippen LogP contribution in [0, 0.1) is 0 Å². The molecule has 0 fully saturated rings. The lowest BCUT2D eigenvalue weighted by molar-refractivity contribution is 0.355. The molecular formula is C15H18ClN3O2. The standard InChI is InChI=1S/C15H18ClN3O2/c1-4-5-14-18-13(16)9-15(19-14)17-10-6-7-11(20-2)12(8-10)21-3/h6-9H,4-5H2,1-3H3,(H,17,18,19). The zero-order valence-corrected chi connectivity index (χ0v) is 13.1. The molecule has 112 valence electrons. The summed E-state index contributed by atoms with van der Waals surface area (Å²) in [6.07, 6.45) is 1.76. The number of hydrogen-bond acceptors (Lipinski definition) is 5. The van der Waals surface area contributed by atoms with E-state index in [1.54, 1.807) is 20.3 Å². The zero-order valence-electron chi connectivity index (χ0n) is 12.3. The number of methoxy groups -OCH3 is 2. The Bertz CT molecular complexity index is 620. The molecule has 0 amide bonds. The number of hydrogen-bond donors (Lipinski definition) is 1. The fraction of sp³-hybridized carbons (Fsp3) is 0.333. The minimum atomic E-state index is 0.427. The van der Waals surface area contributed by atoms with Gasteiger partial charge in [0.1, 0.15) is 16.8 Å². The second-order valence-corrected chi connectivity index (χ2v) is 4.82. The third kappa shape index (κ3) is 3.98.